The third-order valence-electron chi connectivity index (χ3n) is 15.8. The minimum Gasteiger partial charge on any atom is -0.421 e. The molecule has 8 aromatic carbocycles. The Morgan fingerprint density at radius 1 is 0.360 bits per heavy atom. The second-order valence-corrected chi connectivity index (χ2v) is 26.8. The topological polar surface area (TPSA) is 97.0 Å². The Kier molecular flexibility index (Phi) is 16.4. The molecular weight excluding hydrogens is 1060 g/mol. The number of ketones is 1. The number of fused-ring (bicyclic) bond motifs is 8. The zero-order valence-electron chi connectivity index (χ0n) is 52.5. The first-order chi connectivity index (χ1) is 40.8. The number of hydrogen-bond donors (Lipinski definition) is 0. The number of carbonyl (C=O) groups excluding carboxylic acids is 4. The summed E-state index contributed by atoms with van der Waals surface area (Å²) in [4.78, 5) is 64.2. The Hall–Kier alpha value is -8.96. The molecule has 2 amide bonds. The summed E-state index contributed by atoms with van der Waals surface area (Å²) in [6, 6.07) is 64.1. The summed E-state index contributed by atoms with van der Waals surface area (Å²) in [5.41, 5.74) is 13.7. The molecule has 0 saturated heterocycles. The number of carbonyl (C=O) groups is 4. The summed E-state index contributed by atoms with van der Waals surface area (Å²) in [5.74, 6) is 0.681. The van der Waals surface area contributed by atoms with Crippen molar-refractivity contribution < 1.29 is 23.9 Å². The van der Waals surface area contributed by atoms with Crippen LogP contribution >= 0.6 is 0 Å². The summed E-state index contributed by atoms with van der Waals surface area (Å²) < 4.78 is 5.53. The van der Waals surface area contributed by atoms with Gasteiger partial charge in [-0.05, 0) is 206 Å². The second kappa shape index (κ2) is 23.5. The van der Waals surface area contributed by atoms with E-state index in [-0.39, 0.29) is 51.8 Å². The zero-order chi connectivity index (χ0) is 61.6. The number of rotatable bonds is 2. The number of para-hydroxylation sites is 11. The van der Waals surface area contributed by atoms with Gasteiger partial charge in [0, 0.05) is 51.9 Å². The Balaban J connectivity index is 0.000000127. The first kappa shape index (κ1) is 60.2. The highest BCUT2D eigenvalue weighted by Gasteiger charge is 2.42. The number of ether oxygens (including phenoxy) is 1. The highest BCUT2D eigenvalue weighted by atomic mass is 16.5. The lowest BCUT2D eigenvalue weighted by Gasteiger charge is -2.38. The van der Waals surface area contributed by atoms with Crippen molar-refractivity contribution in [2.75, 3.05) is 29.4 Å². The average molecular weight is 1150 g/mol. The maximum atomic E-state index is 13.3. The van der Waals surface area contributed by atoms with Crippen LogP contribution in [-0.2, 0) is 6.42 Å². The van der Waals surface area contributed by atoms with Crippen molar-refractivity contribution in [1.29, 1.82) is 0 Å². The average Bonchev–Trinajstić information content (AvgIpc) is 1.78. The van der Waals surface area contributed by atoms with Gasteiger partial charge >= 0.3 is 5.97 Å². The lowest BCUT2D eigenvalue weighted by Crippen LogP contribution is -2.38. The van der Waals surface area contributed by atoms with Crippen LogP contribution in [0.5, 0.6) is 5.75 Å². The van der Waals surface area contributed by atoms with Crippen LogP contribution in [0.15, 0.2) is 194 Å². The number of esters is 1. The van der Waals surface area contributed by atoms with Crippen molar-refractivity contribution in [3.05, 3.63) is 222 Å². The molecule has 0 bridgehead atoms. The van der Waals surface area contributed by atoms with Crippen LogP contribution in [0.2, 0.25) is 0 Å². The minimum absolute atomic E-state index is 0.0646. The van der Waals surface area contributed by atoms with Gasteiger partial charge in [0.2, 0.25) is 0 Å². The van der Waals surface area contributed by atoms with Gasteiger partial charge in [-0.1, -0.05) is 103 Å². The van der Waals surface area contributed by atoms with Crippen molar-refractivity contribution in [3.8, 4) is 5.75 Å². The summed E-state index contributed by atoms with van der Waals surface area (Å²) in [6.45, 7) is 30.1. The highest BCUT2D eigenvalue weighted by molar-refractivity contribution is 6.16. The molecular formula is C75H82N6O5. The Bertz CT molecular complexity index is 3610. The predicted molar refractivity (Wildman–Crippen MR) is 354 cm³/mol. The monoisotopic (exact) mass is 1150 g/mol. The molecule has 0 N–H and O–H groups in total. The molecule has 0 unspecified atom stereocenters. The number of anilines is 10. The Labute approximate surface area is 509 Å². The molecule has 8 aromatic rings. The Morgan fingerprint density at radius 3 is 1.19 bits per heavy atom. The number of hydrogen-bond acceptors (Lipinski definition) is 9. The van der Waals surface area contributed by atoms with Crippen molar-refractivity contribution in [3.63, 3.8) is 0 Å². The van der Waals surface area contributed by atoms with E-state index in [2.05, 4.69) is 159 Å². The van der Waals surface area contributed by atoms with Crippen molar-refractivity contribution in [2.45, 2.75) is 150 Å². The van der Waals surface area contributed by atoms with Crippen molar-refractivity contribution >= 4 is 80.4 Å². The number of benzene rings is 8. The molecule has 11 heteroatoms. The Morgan fingerprint density at radius 2 is 0.698 bits per heavy atom. The zero-order valence-corrected chi connectivity index (χ0v) is 52.5. The molecule has 1 saturated carbocycles. The standard InChI is InChI=1S/C20H22N2O.C20H24N2O.C18H19NO.C17H17NO2/c1-20(2,3)22-16-9-5-4-8-15(16)19(23)21(14-12-13-14)17-10-6-7-11-18(17)22;1-14(2)21-17-12-8-9-13-18(17)22(20(3,4)5)16-11-7-6-10-15(16)19(21)23;1-18(2,3)19-15-10-6-4-8-13(15)12-17(20)14-9-5-7-11-16(14)19;1-17(2,3)18-13-9-5-4-8-12(13)16(19)20-15-11-7-6-10-14(15)18/h4-11,14H,12-13H2,1-3H3;6-14H,1-5H3;4-11H,12H2,1-3H3;4-11H,1-3H3. The fraction of sp³-hybridized carbons (Fsp3) is 0.307. The third-order valence-corrected chi connectivity index (χ3v) is 15.8. The van der Waals surface area contributed by atoms with Gasteiger partial charge in [-0.25, -0.2) is 4.79 Å². The van der Waals surface area contributed by atoms with E-state index in [0.29, 0.717) is 23.8 Å². The van der Waals surface area contributed by atoms with Crippen LogP contribution < -0.4 is 34.1 Å². The number of amides is 2. The predicted octanol–water partition coefficient (Wildman–Crippen LogP) is 18.3. The van der Waals surface area contributed by atoms with E-state index in [1.54, 1.807) is 0 Å². The first-order valence-corrected chi connectivity index (χ1v) is 30.1. The van der Waals surface area contributed by atoms with E-state index < -0.39 is 0 Å². The third kappa shape index (κ3) is 11.9. The molecule has 11 nitrogen and oxygen atoms in total. The summed E-state index contributed by atoms with van der Waals surface area (Å²) >= 11 is 0. The van der Waals surface area contributed by atoms with Crippen LogP contribution in [0.4, 0.5) is 56.9 Å². The normalized spacial score (nSPS) is 15.3. The van der Waals surface area contributed by atoms with E-state index >= 15 is 0 Å². The van der Waals surface area contributed by atoms with Gasteiger partial charge in [-0.15, -0.1) is 0 Å². The molecule has 13 rings (SSSR count). The van der Waals surface area contributed by atoms with Gasteiger partial charge in [0.05, 0.1) is 67.9 Å². The molecule has 4 heterocycles. The van der Waals surface area contributed by atoms with Crippen molar-refractivity contribution in [2.24, 2.45) is 0 Å². The first-order valence-electron chi connectivity index (χ1n) is 30.1. The fourth-order valence-electron chi connectivity index (χ4n) is 12.3. The van der Waals surface area contributed by atoms with Crippen LogP contribution in [-0.4, -0.2) is 57.8 Å². The summed E-state index contributed by atoms with van der Waals surface area (Å²) in [7, 11) is 0. The van der Waals surface area contributed by atoms with E-state index in [4.69, 9.17) is 4.74 Å². The molecule has 442 valence electrons. The SMILES string of the molecule is CC(C)(C)N1c2ccccc2C(=O)N(C2CC2)c2ccccc21.CC(C)(C)N1c2ccccc2CC(=O)c2ccccc21.CC(C)(C)N1c2ccccc2OC(=O)c2ccccc21.CC(C)N1C(=O)c2ccccc2N(C(C)(C)C)c2ccccc21. The largest absolute Gasteiger partial charge is 0.421 e. The quantitative estimate of drug-likeness (QED) is 0.124. The summed E-state index contributed by atoms with van der Waals surface area (Å²) in [5, 5.41) is 0. The molecule has 1 fully saturated rings. The molecule has 5 aliphatic rings. The van der Waals surface area contributed by atoms with E-state index in [0.717, 1.165) is 92.0 Å². The maximum Gasteiger partial charge on any atom is 0.345 e. The molecule has 0 spiro atoms. The second-order valence-electron chi connectivity index (χ2n) is 26.8. The van der Waals surface area contributed by atoms with Gasteiger partial charge in [0.25, 0.3) is 11.8 Å². The van der Waals surface area contributed by atoms with Gasteiger partial charge in [-0.3, -0.25) is 14.4 Å². The molecule has 86 heavy (non-hydrogen) atoms. The van der Waals surface area contributed by atoms with Crippen LogP contribution in [0.3, 0.4) is 0 Å². The van der Waals surface area contributed by atoms with E-state index in [9.17, 15) is 19.2 Å². The van der Waals surface area contributed by atoms with Crippen LogP contribution in [0.25, 0.3) is 0 Å². The number of Topliss-reactive ketones (excluding diaryl/α,β-unsaturated/α-hetero) is 1. The van der Waals surface area contributed by atoms with E-state index in [1.807, 2.05) is 161 Å². The van der Waals surface area contributed by atoms with Gasteiger partial charge in [0.15, 0.2) is 11.5 Å². The lowest BCUT2D eigenvalue weighted by atomic mass is 10.0. The fourth-order valence-corrected chi connectivity index (χ4v) is 12.3. The molecule has 0 atom stereocenters. The number of nitrogens with zero attached hydrogens (tertiary/aromatic N) is 6. The summed E-state index contributed by atoms with van der Waals surface area (Å²) in [6.07, 6.45) is 2.66. The van der Waals surface area contributed by atoms with Crippen LogP contribution in [0, 0.1) is 0 Å². The van der Waals surface area contributed by atoms with Crippen molar-refractivity contribution in [1.82, 2.24) is 0 Å². The maximum absolute atomic E-state index is 13.3. The van der Waals surface area contributed by atoms with Gasteiger partial charge in [-0.2, -0.15) is 0 Å². The lowest BCUT2D eigenvalue weighted by molar-refractivity contribution is 0.0737. The van der Waals surface area contributed by atoms with E-state index in [1.165, 1.54) is 0 Å². The van der Waals surface area contributed by atoms with Crippen LogP contribution in [0.1, 0.15) is 157 Å². The minimum atomic E-state index is -0.306. The highest BCUT2D eigenvalue weighted by Crippen LogP contribution is 2.49. The smallest absolute Gasteiger partial charge is 0.345 e. The molecule has 4 aliphatic heterocycles. The van der Waals surface area contributed by atoms with Gasteiger partial charge < -0.3 is 34.1 Å². The molecule has 0 radical (unpaired) electrons. The van der Waals surface area contributed by atoms with Gasteiger partial charge in [0.1, 0.15) is 0 Å². The molecule has 0 aromatic heterocycles. The molecule has 1 aliphatic carbocycles.